The highest BCUT2D eigenvalue weighted by Gasteiger charge is 2.29. The summed E-state index contributed by atoms with van der Waals surface area (Å²) in [6.45, 7) is 3.68. The Hall–Kier alpha value is -2.64. The highest BCUT2D eigenvalue weighted by atomic mass is 79.9. The Balaban J connectivity index is 1.77. The predicted molar refractivity (Wildman–Crippen MR) is 119 cm³/mol. The minimum atomic E-state index is -3.70. The summed E-state index contributed by atoms with van der Waals surface area (Å²) in [5.41, 5.74) is 0.987. The molecular formula is C22H21BrN2O3S. The van der Waals surface area contributed by atoms with E-state index in [2.05, 4.69) is 26.0 Å². The molecule has 0 aromatic heterocycles. The average molecular weight is 473 g/mol. The molecule has 3 aromatic carbocycles. The molecule has 0 saturated heterocycles. The topological polar surface area (TPSA) is 75.3 Å². The van der Waals surface area contributed by atoms with Crippen LogP contribution in [0.1, 0.15) is 19.4 Å². The molecule has 1 amide bonds. The number of anilines is 2. The van der Waals surface area contributed by atoms with E-state index in [1.165, 1.54) is 12.1 Å². The maximum atomic E-state index is 12.9. The van der Waals surface area contributed by atoms with E-state index in [0.29, 0.717) is 11.4 Å². The quantitative estimate of drug-likeness (QED) is 0.519. The lowest BCUT2D eigenvalue weighted by Crippen LogP contribution is -2.34. The number of benzene rings is 3. The standard InChI is InChI=1S/C22H21BrN2O3S/c1-22(2,16-11-13-17(23)14-12-16)21(26)24-18-7-6-8-19(15-18)25-29(27,28)20-9-4-3-5-10-20/h3-15,25H,1-2H3,(H,24,26). The molecule has 5 nitrogen and oxygen atoms in total. The maximum Gasteiger partial charge on any atom is 0.261 e. The van der Waals surface area contributed by atoms with E-state index in [0.717, 1.165) is 10.0 Å². The van der Waals surface area contributed by atoms with Crippen LogP contribution < -0.4 is 10.0 Å². The van der Waals surface area contributed by atoms with Crippen molar-refractivity contribution in [2.24, 2.45) is 0 Å². The number of nitrogens with one attached hydrogen (secondary N) is 2. The summed E-state index contributed by atoms with van der Waals surface area (Å²) in [7, 11) is -3.70. The van der Waals surface area contributed by atoms with Crippen molar-refractivity contribution in [1.29, 1.82) is 0 Å². The van der Waals surface area contributed by atoms with Gasteiger partial charge in [-0.1, -0.05) is 52.3 Å². The van der Waals surface area contributed by atoms with Crippen molar-refractivity contribution in [1.82, 2.24) is 0 Å². The van der Waals surface area contributed by atoms with Gasteiger partial charge in [0.1, 0.15) is 0 Å². The summed E-state index contributed by atoms with van der Waals surface area (Å²) in [5, 5.41) is 2.88. The molecule has 150 valence electrons. The lowest BCUT2D eigenvalue weighted by molar-refractivity contribution is -0.120. The number of rotatable bonds is 6. The molecule has 0 unspecified atom stereocenters. The molecule has 0 aliphatic rings. The highest BCUT2D eigenvalue weighted by molar-refractivity contribution is 9.10. The van der Waals surface area contributed by atoms with Gasteiger partial charge < -0.3 is 5.32 Å². The van der Waals surface area contributed by atoms with Crippen molar-refractivity contribution in [3.05, 3.63) is 88.9 Å². The van der Waals surface area contributed by atoms with Crippen LogP contribution in [0.3, 0.4) is 0 Å². The first-order valence-electron chi connectivity index (χ1n) is 8.94. The molecule has 0 radical (unpaired) electrons. The Bertz CT molecular complexity index is 1110. The van der Waals surface area contributed by atoms with Gasteiger partial charge in [0.2, 0.25) is 5.91 Å². The second kappa shape index (κ2) is 8.39. The largest absolute Gasteiger partial charge is 0.325 e. The van der Waals surface area contributed by atoms with Crippen molar-refractivity contribution in [2.45, 2.75) is 24.2 Å². The van der Waals surface area contributed by atoms with Gasteiger partial charge in [-0.3, -0.25) is 9.52 Å². The Morgan fingerprint density at radius 3 is 2.14 bits per heavy atom. The molecule has 0 aliphatic carbocycles. The summed E-state index contributed by atoms with van der Waals surface area (Å²) in [6, 6.07) is 22.3. The Labute approximate surface area is 179 Å². The van der Waals surface area contributed by atoms with Crippen molar-refractivity contribution >= 4 is 43.2 Å². The predicted octanol–water partition coefficient (Wildman–Crippen LogP) is 5.17. The molecule has 0 heterocycles. The van der Waals surface area contributed by atoms with Crippen LogP contribution in [0.15, 0.2) is 88.2 Å². The fraction of sp³-hybridized carbons (Fsp3) is 0.136. The number of halogens is 1. The average Bonchev–Trinajstić information content (AvgIpc) is 2.69. The van der Waals surface area contributed by atoms with Crippen LogP contribution in [0.5, 0.6) is 0 Å². The zero-order valence-corrected chi connectivity index (χ0v) is 18.4. The van der Waals surface area contributed by atoms with Gasteiger partial charge in [-0.05, 0) is 61.9 Å². The van der Waals surface area contributed by atoms with E-state index < -0.39 is 15.4 Å². The van der Waals surface area contributed by atoms with Crippen molar-refractivity contribution in [3.63, 3.8) is 0 Å². The maximum absolute atomic E-state index is 12.9. The molecule has 0 atom stereocenters. The molecule has 3 rings (SSSR count). The van der Waals surface area contributed by atoms with Crippen LogP contribution in [0.25, 0.3) is 0 Å². The Morgan fingerprint density at radius 2 is 1.48 bits per heavy atom. The molecule has 0 spiro atoms. The number of carbonyl (C=O) groups is 1. The van der Waals surface area contributed by atoms with Gasteiger partial charge in [0.05, 0.1) is 16.0 Å². The van der Waals surface area contributed by atoms with Crippen LogP contribution in [0.2, 0.25) is 0 Å². The fourth-order valence-corrected chi connectivity index (χ4v) is 4.09. The summed E-state index contributed by atoms with van der Waals surface area (Å²) < 4.78 is 28.5. The van der Waals surface area contributed by atoms with Crippen LogP contribution in [0.4, 0.5) is 11.4 Å². The molecule has 0 fully saturated rings. The first-order valence-corrected chi connectivity index (χ1v) is 11.2. The highest BCUT2D eigenvalue weighted by Crippen LogP contribution is 2.27. The van der Waals surface area contributed by atoms with E-state index in [-0.39, 0.29) is 10.8 Å². The summed E-state index contributed by atoms with van der Waals surface area (Å²) in [5.74, 6) is -0.192. The molecular weight excluding hydrogens is 452 g/mol. The first kappa shape index (κ1) is 21.1. The molecule has 0 bridgehead atoms. The molecule has 0 saturated carbocycles. The van der Waals surface area contributed by atoms with Gasteiger partial charge in [0, 0.05) is 10.2 Å². The minimum absolute atomic E-state index is 0.172. The third-order valence-corrected chi connectivity index (χ3v) is 6.49. The summed E-state index contributed by atoms with van der Waals surface area (Å²) in [6.07, 6.45) is 0. The Kier molecular flexibility index (Phi) is 6.10. The van der Waals surface area contributed by atoms with Gasteiger partial charge >= 0.3 is 0 Å². The Morgan fingerprint density at radius 1 is 0.862 bits per heavy atom. The number of hydrogen-bond donors (Lipinski definition) is 2. The van der Waals surface area contributed by atoms with E-state index in [1.807, 2.05) is 38.1 Å². The number of hydrogen-bond acceptors (Lipinski definition) is 3. The van der Waals surface area contributed by atoms with Gasteiger partial charge in [0.25, 0.3) is 10.0 Å². The third-order valence-electron chi connectivity index (χ3n) is 4.56. The van der Waals surface area contributed by atoms with Crippen LogP contribution in [-0.2, 0) is 20.2 Å². The molecule has 3 aromatic rings. The summed E-state index contributed by atoms with van der Waals surface area (Å²) >= 11 is 3.40. The number of sulfonamides is 1. The molecule has 2 N–H and O–H groups in total. The molecule has 0 aliphatic heterocycles. The van der Waals surface area contributed by atoms with Gasteiger partial charge in [-0.15, -0.1) is 0 Å². The van der Waals surface area contributed by atoms with E-state index in [9.17, 15) is 13.2 Å². The normalized spacial score (nSPS) is 11.7. The molecule has 29 heavy (non-hydrogen) atoms. The van der Waals surface area contributed by atoms with Crippen molar-refractivity contribution in [2.75, 3.05) is 10.0 Å². The smallest absolute Gasteiger partial charge is 0.261 e. The third kappa shape index (κ3) is 5.05. The number of amides is 1. The van der Waals surface area contributed by atoms with Crippen molar-refractivity contribution < 1.29 is 13.2 Å². The lowest BCUT2D eigenvalue weighted by Gasteiger charge is -2.24. The van der Waals surface area contributed by atoms with Gasteiger partial charge in [-0.2, -0.15) is 0 Å². The second-order valence-corrected chi connectivity index (χ2v) is 9.68. The fourth-order valence-electron chi connectivity index (χ4n) is 2.76. The van der Waals surface area contributed by atoms with Gasteiger partial charge in [-0.25, -0.2) is 8.42 Å². The van der Waals surface area contributed by atoms with E-state index >= 15 is 0 Å². The van der Waals surface area contributed by atoms with Crippen LogP contribution in [-0.4, -0.2) is 14.3 Å². The zero-order chi connectivity index (χ0) is 21.1. The van der Waals surface area contributed by atoms with E-state index in [4.69, 9.17) is 0 Å². The number of carbonyl (C=O) groups excluding carboxylic acids is 1. The van der Waals surface area contributed by atoms with Crippen LogP contribution >= 0.6 is 15.9 Å². The first-order chi connectivity index (χ1) is 13.7. The second-order valence-electron chi connectivity index (χ2n) is 7.09. The minimum Gasteiger partial charge on any atom is -0.325 e. The zero-order valence-electron chi connectivity index (χ0n) is 16.0. The monoisotopic (exact) mass is 472 g/mol. The lowest BCUT2D eigenvalue weighted by atomic mass is 9.83. The summed E-state index contributed by atoms with van der Waals surface area (Å²) in [4.78, 5) is 13.0. The van der Waals surface area contributed by atoms with Crippen LogP contribution in [0, 0.1) is 0 Å². The molecule has 7 heteroatoms. The van der Waals surface area contributed by atoms with E-state index in [1.54, 1.807) is 42.5 Å². The SMILES string of the molecule is CC(C)(C(=O)Nc1cccc(NS(=O)(=O)c2ccccc2)c1)c1ccc(Br)cc1. The van der Waals surface area contributed by atoms with Gasteiger partial charge in [0.15, 0.2) is 0 Å². The van der Waals surface area contributed by atoms with Crippen molar-refractivity contribution in [3.8, 4) is 0 Å².